The highest BCUT2D eigenvalue weighted by Crippen LogP contribution is 2.16. The van der Waals surface area contributed by atoms with Gasteiger partial charge in [0, 0.05) is 25.7 Å². The standard InChI is InChI=1S/C56H71N11O17S/c1-30(69)48(67-53(80)41(22-31-6-4-3-5-7-31)63-54(81)44(29-68)66-51(78)39(60-46(74)27-57)23-32-8-14-35(70)15-9-32)55(82)59-28-47(75)61-40(24-33-10-16-36(71)17-11-33)50(77)64-42(26-45(58)73)52(79)62-38(20-21-85-2)49(76)65-43(56(83)84)25-34-12-18-37(72)19-13-34/h3-19,30,38-44,48,68-72H,20-29,57H2,1-2H3,(H2,58,73)(H,59,82)(H,60,74)(H,61,75)(H,62,79)(H,63,81)(H,64,77)(H,65,76)(H,66,78)(H,67,80)(H,83,84)/t30-,38+,39+,40+,41+,42+,43+,44+,48+/m1/s1. The van der Waals surface area contributed by atoms with Crippen LogP contribution in [0.25, 0.3) is 0 Å². The summed E-state index contributed by atoms with van der Waals surface area (Å²) in [5.41, 5.74) is 12.7. The number of carbonyl (C=O) groups excluding carboxylic acids is 10. The minimum Gasteiger partial charge on any atom is -0.508 e. The molecule has 0 aliphatic rings. The zero-order valence-corrected chi connectivity index (χ0v) is 47.1. The van der Waals surface area contributed by atoms with Crippen molar-refractivity contribution in [3.63, 3.8) is 0 Å². The minimum atomic E-state index is -1.82. The molecular weight excluding hydrogens is 1130 g/mol. The summed E-state index contributed by atoms with van der Waals surface area (Å²) in [6, 6.07) is 12.1. The first-order chi connectivity index (χ1) is 40.4. The van der Waals surface area contributed by atoms with Crippen LogP contribution in [0, 0.1) is 0 Å². The lowest BCUT2D eigenvalue weighted by molar-refractivity contribution is -0.142. The second-order valence-electron chi connectivity index (χ2n) is 19.5. The molecule has 85 heavy (non-hydrogen) atoms. The van der Waals surface area contributed by atoms with E-state index in [1.165, 1.54) is 84.6 Å². The van der Waals surface area contributed by atoms with Crippen LogP contribution in [0.2, 0.25) is 0 Å². The van der Waals surface area contributed by atoms with Crippen molar-refractivity contribution in [3.05, 3.63) is 125 Å². The van der Waals surface area contributed by atoms with Crippen LogP contribution in [0.3, 0.4) is 0 Å². The number of phenolic OH excluding ortho intramolecular Hbond substituents is 3. The van der Waals surface area contributed by atoms with Gasteiger partial charge in [-0.25, -0.2) is 4.79 Å². The quantitative estimate of drug-likeness (QED) is 0.0213. The summed E-state index contributed by atoms with van der Waals surface area (Å²) in [5, 5.41) is 81.7. The van der Waals surface area contributed by atoms with Crippen LogP contribution >= 0.6 is 11.8 Å². The summed E-state index contributed by atoms with van der Waals surface area (Å²) in [6.45, 7) is -1.29. The molecule has 0 heterocycles. The number of nitrogens with one attached hydrogen (secondary N) is 9. The first kappa shape index (κ1) is 68.2. The van der Waals surface area contributed by atoms with E-state index in [0.29, 0.717) is 22.3 Å². The first-order valence-corrected chi connectivity index (χ1v) is 27.8. The number of primary amides is 1. The van der Waals surface area contributed by atoms with Crippen LogP contribution in [0.1, 0.15) is 42.0 Å². The number of carboxylic acid groups (broad SMARTS) is 1. The maximum absolute atomic E-state index is 14.1. The van der Waals surface area contributed by atoms with Gasteiger partial charge in [0.25, 0.3) is 0 Å². The van der Waals surface area contributed by atoms with Gasteiger partial charge in [0.2, 0.25) is 59.1 Å². The summed E-state index contributed by atoms with van der Waals surface area (Å²) in [7, 11) is 0. The van der Waals surface area contributed by atoms with E-state index in [2.05, 4.69) is 47.9 Å². The van der Waals surface area contributed by atoms with Gasteiger partial charge in [-0.05, 0) is 84.0 Å². The van der Waals surface area contributed by atoms with E-state index in [9.17, 15) is 83.4 Å². The zero-order chi connectivity index (χ0) is 62.8. The van der Waals surface area contributed by atoms with E-state index in [0.717, 1.165) is 6.92 Å². The normalized spacial score (nSPS) is 14.1. The number of amides is 10. The highest BCUT2D eigenvalue weighted by Gasteiger charge is 2.35. The number of hydrogen-bond donors (Lipinski definition) is 17. The van der Waals surface area contributed by atoms with Crippen molar-refractivity contribution in [2.24, 2.45) is 11.5 Å². The second kappa shape index (κ2) is 34.3. The van der Waals surface area contributed by atoms with Crippen molar-refractivity contribution < 1.29 is 83.4 Å². The van der Waals surface area contributed by atoms with Gasteiger partial charge >= 0.3 is 5.97 Å². The van der Waals surface area contributed by atoms with Crippen molar-refractivity contribution in [1.29, 1.82) is 0 Å². The van der Waals surface area contributed by atoms with Crippen molar-refractivity contribution in [3.8, 4) is 17.2 Å². The number of carbonyl (C=O) groups is 11. The summed E-state index contributed by atoms with van der Waals surface area (Å²) in [5.74, 6) is -11.6. The Hall–Kier alpha value is -9.32. The van der Waals surface area contributed by atoms with Crippen LogP contribution in [-0.4, -0.2) is 182 Å². The van der Waals surface area contributed by atoms with E-state index in [1.807, 2.05) is 0 Å². The Morgan fingerprint density at radius 2 is 0.859 bits per heavy atom. The number of aliphatic hydroxyl groups is 2. The summed E-state index contributed by atoms with van der Waals surface area (Å²) < 4.78 is 0. The van der Waals surface area contributed by atoms with Gasteiger partial charge in [-0.1, -0.05) is 66.7 Å². The predicted octanol–water partition coefficient (Wildman–Crippen LogP) is -3.89. The number of benzene rings is 4. The Bertz CT molecular complexity index is 2940. The smallest absolute Gasteiger partial charge is 0.326 e. The van der Waals surface area contributed by atoms with Crippen LogP contribution < -0.4 is 59.3 Å². The lowest BCUT2D eigenvalue weighted by Crippen LogP contribution is -2.61. The number of aliphatic carboxylic acids is 1. The fourth-order valence-corrected chi connectivity index (χ4v) is 8.66. The Morgan fingerprint density at radius 3 is 1.31 bits per heavy atom. The molecule has 4 aromatic carbocycles. The molecule has 0 aromatic heterocycles. The molecule has 0 saturated carbocycles. The largest absolute Gasteiger partial charge is 0.508 e. The molecule has 0 bridgehead atoms. The molecule has 458 valence electrons. The number of nitrogens with two attached hydrogens (primary N) is 2. The maximum atomic E-state index is 14.1. The van der Waals surface area contributed by atoms with E-state index in [4.69, 9.17) is 11.5 Å². The van der Waals surface area contributed by atoms with Crippen LogP contribution in [0.4, 0.5) is 0 Å². The second-order valence-corrected chi connectivity index (χ2v) is 20.5. The number of hydrogen-bond acceptors (Lipinski definition) is 18. The predicted molar refractivity (Wildman–Crippen MR) is 306 cm³/mol. The number of carboxylic acids is 1. The highest BCUT2D eigenvalue weighted by atomic mass is 32.2. The van der Waals surface area contributed by atoms with Crippen molar-refractivity contribution >= 4 is 76.8 Å². The number of thioether (sulfide) groups is 1. The zero-order valence-electron chi connectivity index (χ0n) is 46.3. The molecule has 0 radical (unpaired) electrons. The molecular formula is C56H71N11O17S. The molecule has 9 atom stereocenters. The van der Waals surface area contributed by atoms with Crippen LogP contribution in [-0.2, 0) is 78.4 Å². The molecule has 0 fully saturated rings. The number of aromatic hydroxyl groups is 3. The molecule has 0 spiro atoms. The van der Waals surface area contributed by atoms with Gasteiger partial charge < -0.3 is 90.0 Å². The van der Waals surface area contributed by atoms with Crippen LogP contribution in [0.5, 0.6) is 17.2 Å². The maximum Gasteiger partial charge on any atom is 0.326 e. The Labute approximate surface area is 492 Å². The van der Waals surface area contributed by atoms with E-state index in [1.54, 1.807) is 36.6 Å². The molecule has 0 unspecified atom stereocenters. The number of phenols is 3. The summed E-state index contributed by atoms with van der Waals surface area (Å²) in [4.78, 5) is 147. The lowest BCUT2D eigenvalue weighted by Gasteiger charge is -2.27. The highest BCUT2D eigenvalue weighted by molar-refractivity contribution is 7.98. The molecule has 0 saturated heterocycles. The van der Waals surface area contributed by atoms with E-state index < -0.39 is 146 Å². The molecule has 0 aliphatic carbocycles. The van der Waals surface area contributed by atoms with Gasteiger partial charge in [0.15, 0.2) is 0 Å². The summed E-state index contributed by atoms with van der Waals surface area (Å²) in [6.07, 6.45) is -1.75. The van der Waals surface area contributed by atoms with Gasteiger partial charge in [-0.15, -0.1) is 0 Å². The van der Waals surface area contributed by atoms with Gasteiger partial charge in [-0.3, -0.25) is 47.9 Å². The Balaban J connectivity index is 1.50. The van der Waals surface area contributed by atoms with Crippen molar-refractivity contribution in [2.45, 2.75) is 99.9 Å². The topological polar surface area (TPSA) is 469 Å². The average Bonchev–Trinajstić information content (AvgIpc) is 3.67. The Morgan fingerprint density at radius 1 is 0.482 bits per heavy atom. The van der Waals surface area contributed by atoms with Crippen molar-refractivity contribution in [1.82, 2.24) is 47.9 Å². The van der Waals surface area contributed by atoms with Crippen molar-refractivity contribution in [2.75, 3.05) is 31.7 Å². The molecule has 28 nitrogen and oxygen atoms in total. The van der Waals surface area contributed by atoms with Gasteiger partial charge in [0.1, 0.15) is 65.6 Å². The minimum absolute atomic E-state index is 0.0466. The molecule has 4 rings (SSSR count). The van der Waals surface area contributed by atoms with Gasteiger partial charge in [0.05, 0.1) is 32.2 Å². The van der Waals surface area contributed by atoms with Crippen LogP contribution in [0.15, 0.2) is 103 Å². The third-order valence-electron chi connectivity index (χ3n) is 12.7. The molecule has 0 aliphatic heterocycles. The monoisotopic (exact) mass is 1200 g/mol. The fourth-order valence-electron chi connectivity index (χ4n) is 8.19. The molecule has 10 amide bonds. The fraction of sp³-hybridized carbons (Fsp3) is 0.375. The first-order valence-electron chi connectivity index (χ1n) is 26.4. The lowest BCUT2D eigenvalue weighted by atomic mass is 10.0. The number of rotatable bonds is 34. The summed E-state index contributed by atoms with van der Waals surface area (Å²) >= 11 is 1.29. The molecule has 4 aromatic rings. The number of aliphatic hydroxyl groups excluding tert-OH is 2. The van der Waals surface area contributed by atoms with E-state index >= 15 is 0 Å². The third kappa shape index (κ3) is 23.5. The average molecular weight is 1200 g/mol. The van der Waals surface area contributed by atoms with E-state index in [-0.39, 0.29) is 55.1 Å². The van der Waals surface area contributed by atoms with Gasteiger partial charge in [-0.2, -0.15) is 11.8 Å². The third-order valence-corrected chi connectivity index (χ3v) is 13.4. The molecule has 19 N–H and O–H groups in total. The molecule has 29 heteroatoms. The Kier molecular flexibility index (Phi) is 27.5. The SMILES string of the molecule is CSCC[C@H](NC(=O)[C@H](CC(N)=O)NC(=O)[C@H](Cc1ccc(O)cc1)NC(=O)CNC(=O)[C@@H](NC(=O)[C@H](Cc1ccccc1)NC(=O)[C@H](CO)NC(=O)[C@H](Cc1ccc(O)cc1)NC(=O)CN)[C@@H](C)O)C(=O)N[C@@H](Cc1ccc(O)cc1)C(=O)O.